The molecule has 120 valence electrons. The maximum atomic E-state index is 11.9. The second-order valence-electron chi connectivity index (χ2n) is 4.47. The lowest BCUT2D eigenvalue weighted by Gasteiger charge is -2.11. The molecule has 5 N–H and O–H groups in total. The lowest BCUT2D eigenvalue weighted by atomic mass is 10.2. The van der Waals surface area contributed by atoms with E-state index in [0.29, 0.717) is 0 Å². The number of primary sulfonamides is 1. The molecule has 2 rings (SSSR count). The average Bonchev–Trinajstić information content (AvgIpc) is 2.53. The standard InChI is InChI=1S/C14H14N4O3S2/c15-23(20,21)12-8-6-10(7-9-12)13(19)17-18-14(22)16-11-4-2-1-3-5-11/h1-9H,(H,17,19)(H2,15,20,21)(H2,16,18,22). The normalized spacial score (nSPS) is 10.7. The molecule has 0 aliphatic carbocycles. The van der Waals surface area contributed by atoms with Gasteiger partial charge in [-0.1, -0.05) is 18.2 Å². The number of carbonyl (C=O) groups excluding carboxylic acids is 1. The zero-order chi connectivity index (χ0) is 16.9. The van der Waals surface area contributed by atoms with E-state index in [1.807, 2.05) is 30.3 Å². The Balaban J connectivity index is 1.91. The topological polar surface area (TPSA) is 113 Å². The van der Waals surface area contributed by atoms with Gasteiger partial charge in [-0.3, -0.25) is 15.6 Å². The molecule has 0 unspecified atom stereocenters. The Hall–Kier alpha value is -2.49. The molecule has 0 saturated heterocycles. The fourth-order valence-electron chi connectivity index (χ4n) is 1.67. The number of hydrogen-bond acceptors (Lipinski definition) is 4. The van der Waals surface area contributed by atoms with E-state index < -0.39 is 15.9 Å². The van der Waals surface area contributed by atoms with Gasteiger partial charge in [-0.2, -0.15) is 0 Å². The van der Waals surface area contributed by atoms with Crippen molar-refractivity contribution in [1.82, 2.24) is 10.9 Å². The summed E-state index contributed by atoms with van der Waals surface area (Å²) in [6.07, 6.45) is 0. The summed E-state index contributed by atoms with van der Waals surface area (Å²) in [5, 5.41) is 8.09. The number of nitrogens with two attached hydrogens (primary N) is 1. The van der Waals surface area contributed by atoms with Gasteiger partial charge in [0, 0.05) is 11.3 Å². The van der Waals surface area contributed by atoms with Gasteiger partial charge in [0.15, 0.2) is 5.11 Å². The van der Waals surface area contributed by atoms with Crippen molar-refractivity contribution >= 4 is 38.9 Å². The highest BCUT2D eigenvalue weighted by Crippen LogP contribution is 2.08. The minimum Gasteiger partial charge on any atom is -0.331 e. The van der Waals surface area contributed by atoms with Crippen LogP contribution in [-0.2, 0) is 10.0 Å². The Morgan fingerprint density at radius 2 is 1.57 bits per heavy atom. The van der Waals surface area contributed by atoms with Gasteiger partial charge in [0.2, 0.25) is 10.0 Å². The van der Waals surface area contributed by atoms with E-state index in [4.69, 9.17) is 17.4 Å². The average molecular weight is 350 g/mol. The van der Waals surface area contributed by atoms with Gasteiger partial charge in [-0.15, -0.1) is 0 Å². The van der Waals surface area contributed by atoms with Gasteiger partial charge in [-0.25, -0.2) is 13.6 Å². The summed E-state index contributed by atoms with van der Waals surface area (Å²) < 4.78 is 22.3. The highest BCUT2D eigenvalue weighted by atomic mass is 32.2. The van der Waals surface area contributed by atoms with Crippen LogP contribution in [0, 0.1) is 0 Å². The second kappa shape index (κ2) is 7.18. The molecule has 0 aliphatic heterocycles. The first-order chi connectivity index (χ1) is 10.9. The highest BCUT2D eigenvalue weighted by Gasteiger charge is 2.10. The van der Waals surface area contributed by atoms with Crippen LogP contribution in [0.2, 0.25) is 0 Å². The van der Waals surface area contributed by atoms with Crippen LogP contribution in [0.15, 0.2) is 59.5 Å². The molecule has 2 aromatic rings. The monoisotopic (exact) mass is 350 g/mol. The van der Waals surface area contributed by atoms with E-state index in [9.17, 15) is 13.2 Å². The van der Waals surface area contributed by atoms with E-state index >= 15 is 0 Å². The summed E-state index contributed by atoms with van der Waals surface area (Å²) in [5.74, 6) is -0.469. The summed E-state index contributed by atoms with van der Waals surface area (Å²) in [6.45, 7) is 0. The molecule has 0 bridgehead atoms. The van der Waals surface area contributed by atoms with Gasteiger partial charge in [0.05, 0.1) is 4.90 Å². The Morgan fingerprint density at radius 3 is 2.13 bits per heavy atom. The maximum Gasteiger partial charge on any atom is 0.269 e. The Morgan fingerprint density at radius 1 is 0.957 bits per heavy atom. The molecule has 0 atom stereocenters. The molecule has 0 fully saturated rings. The van der Waals surface area contributed by atoms with Crippen LogP contribution in [-0.4, -0.2) is 19.4 Å². The Bertz CT molecular complexity index is 806. The van der Waals surface area contributed by atoms with Crippen LogP contribution < -0.4 is 21.3 Å². The summed E-state index contributed by atoms with van der Waals surface area (Å²) in [5.41, 5.74) is 5.99. The van der Waals surface area contributed by atoms with Crippen molar-refractivity contribution < 1.29 is 13.2 Å². The number of carbonyl (C=O) groups is 1. The van der Waals surface area contributed by atoms with Crippen molar-refractivity contribution in [3.05, 3.63) is 60.2 Å². The molecule has 7 nitrogen and oxygen atoms in total. The van der Waals surface area contributed by atoms with Crippen molar-refractivity contribution in [3.63, 3.8) is 0 Å². The molecule has 0 aromatic heterocycles. The minimum atomic E-state index is -3.78. The van der Waals surface area contributed by atoms with Gasteiger partial charge < -0.3 is 5.32 Å². The van der Waals surface area contributed by atoms with Crippen LogP contribution in [0.1, 0.15) is 10.4 Å². The first-order valence-electron chi connectivity index (χ1n) is 6.41. The molecule has 0 heterocycles. The van der Waals surface area contributed by atoms with E-state index in [0.717, 1.165) is 5.69 Å². The molecule has 0 saturated carbocycles. The molecule has 1 amide bonds. The fraction of sp³-hybridized carbons (Fsp3) is 0. The second-order valence-corrected chi connectivity index (χ2v) is 6.44. The van der Waals surface area contributed by atoms with Crippen molar-refractivity contribution in [2.75, 3.05) is 5.32 Å². The van der Waals surface area contributed by atoms with Crippen LogP contribution in [0.3, 0.4) is 0 Å². The van der Waals surface area contributed by atoms with Crippen LogP contribution in [0.4, 0.5) is 5.69 Å². The first kappa shape index (κ1) is 16.9. The maximum absolute atomic E-state index is 11.9. The van der Waals surface area contributed by atoms with E-state index in [-0.39, 0.29) is 15.6 Å². The molecular weight excluding hydrogens is 336 g/mol. The molecule has 23 heavy (non-hydrogen) atoms. The zero-order valence-corrected chi connectivity index (χ0v) is 13.4. The van der Waals surface area contributed by atoms with Gasteiger partial charge >= 0.3 is 0 Å². The number of sulfonamides is 1. The number of para-hydroxylation sites is 1. The van der Waals surface area contributed by atoms with E-state index in [1.54, 1.807) is 0 Å². The van der Waals surface area contributed by atoms with Crippen molar-refractivity contribution in [1.29, 1.82) is 0 Å². The highest BCUT2D eigenvalue weighted by molar-refractivity contribution is 7.89. The summed E-state index contributed by atoms with van der Waals surface area (Å²) in [7, 11) is -3.78. The number of hydrazine groups is 1. The number of nitrogens with one attached hydrogen (secondary N) is 3. The quantitative estimate of drug-likeness (QED) is 0.484. The molecular formula is C14H14N4O3S2. The lowest BCUT2D eigenvalue weighted by Crippen LogP contribution is -2.43. The third-order valence-corrected chi connectivity index (χ3v) is 3.90. The number of benzene rings is 2. The largest absolute Gasteiger partial charge is 0.331 e. The lowest BCUT2D eigenvalue weighted by molar-refractivity contribution is 0.0944. The fourth-order valence-corrected chi connectivity index (χ4v) is 2.35. The predicted octanol–water partition coefficient (Wildman–Crippen LogP) is 0.965. The van der Waals surface area contributed by atoms with Gasteiger partial charge in [-0.05, 0) is 48.6 Å². The number of amides is 1. The predicted molar refractivity (Wildman–Crippen MR) is 91.1 cm³/mol. The van der Waals surface area contributed by atoms with Crippen molar-refractivity contribution in [2.24, 2.45) is 5.14 Å². The smallest absolute Gasteiger partial charge is 0.269 e. The first-order valence-corrected chi connectivity index (χ1v) is 8.37. The van der Waals surface area contributed by atoms with E-state index in [2.05, 4.69) is 16.2 Å². The van der Waals surface area contributed by atoms with Crippen LogP contribution in [0.5, 0.6) is 0 Å². The number of thiocarbonyl (C=S) groups is 1. The zero-order valence-electron chi connectivity index (χ0n) is 11.8. The Labute approximate surface area is 138 Å². The minimum absolute atomic E-state index is 0.0664. The van der Waals surface area contributed by atoms with Gasteiger partial charge in [0.25, 0.3) is 5.91 Å². The van der Waals surface area contributed by atoms with Crippen LogP contribution in [0.25, 0.3) is 0 Å². The SMILES string of the molecule is NS(=O)(=O)c1ccc(C(=O)NNC(=S)Nc2ccccc2)cc1. The van der Waals surface area contributed by atoms with Crippen molar-refractivity contribution in [2.45, 2.75) is 4.90 Å². The number of rotatable bonds is 3. The van der Waals surface area contributed by atoms with Crippen molar-refractivity contribution in [3.8, 4) is 0 Å². The summed E-state index contributed by atoms with van der Waals surface area (Å²) in [4.78, 5) is 11.9. The number of anilines is 1. The third-order valence-electron chi connectivity index (χ3n) is 2.77. The summed E-state index contributed by atoms with van der Waals surface area (Å²) in [6, 6.07) is 14.4. The molecule has 2 aromatic carbocycles. The molecule has 9 heteroatoms. The van der Waals surface area contributed by atoms with Crippen LogP contribution >= 0.6 is 12.2 Å². The molecule has 0 radical (unpaired) electrons. The van der Waals surface area contributed by atoms with Gasteiger partial charge in [0.1, 0.15) is 0 Å². The van der Waals surface area contributed by atoms with E-state index in [1.165, 1.54) is 24.3 Å². The molecule has 0 spiro atoms. The molecule has 0 aliphatic rings. The Kier molecular flexibility index (Phi) is 5.27. The number of hydrogen-bond donors (Lipinski definition) is 4. The summed E-state index contributed by atoms with van der Waals surface area (Å²) >= 11 is 5.04. The third kappa shape index (κ3) is 5.02.